The lowest BCUT2D eigenvalue weighted by molar-refractivity contribution is -0.121. The first-order valence-corrected chi connectivity index (χ1v) is 10.5. The first-order valence-electron chi connectivity index (χ1n) is 9.70. The van der Waals surface area contributed by atoms with Crippen LogP contribution in [0.1, 0.15) is 18.5 Å². The molecule has 2 aliphatic rings. The van der Waals surface area contributed by atoms with E-state index in [-0.39, 0.29) is 23.1 Å². The molecular weight excluding hydrogens is 400 g/mol. The molecule has 1 aromatic heterocycles. The minimum Gasteiger partial charge on any atom is -0.317 e. The summed E-state index contributed by atoms with van der Waals surface area (Å²) in [5.74, 6) is -0.422. The number of aromatic nitrogens is 2. The van der Waals surface area contributed by atoms with Gasteiger partial charge in [-0.2, -0.15) is 0 Å². The first kappa shape index (κ1) is 18.7. The fourth-order valence-electron chi connectivity index (χ4n) is 4.22. The molecule has 5 rings (SSSR count). The van der Waals surface area contributed by atoms with E-state index < -0.39 is 4.87 Å². The van der Waals surface area contributed by atoms with Crippen LogP contribution in [0, 0.1) is 6.92 Å². The predicted molar refractivity (Wildman–Crippen MR) is 116 cm³/mol. The van der Waals surface area contributed by atoms with Gasteiger partial charge in [-0.3, -0.25) is 24.0 Å². The van der Waals surface area contributed by atoms with E-state index in [4.69, 9.17) is 0 Å². The Bertz CT molecular complexity index is 1250. The number of anilines is 2. The number of nitrogens with zero attached hydrogens (tertiary/aromatic N) is 3. The van der Waals surface area contributed by atoms with Crippen LogP contribution in [0.15, 0.2) is 64.3 Å². The van der Waals surface area contributed by atoms with Gasteiger partial charge in [-0.05, 0) is 37.6 Å². The molecule has 3 heterocycles. The molecule has 1 fully saturated rings. The molecule has 0 bridgehead atoms. The highest BCUT2D eigenvalue weighted by Gasteiger charge is 2.57. The number of para-hydroxylation sites is 2. The van der Waals surface area contributed by atoms with E-state index in [0.29, 0.717) is 24.2 Å². The third-order valence-electron chi connectivity index (χ3n) is 5.82. The number of hydrogen-bond donors (Lipinski definition) is 1. The Morgan fingerprint density at radius 2 is 1.77 bits per heavy atom. The molecule has 0 saturated carbocycles. The highest BCUT2D eigenvalue weighted by Crippen LogP contribution is 2.56. The zero-order valence-electron chi connectivity index (χ0n) is 16.6. The molecular formula is C22H20N4O3S. The lowest BCUT2D eigenvalue weighted by Gasteiger charge is -2.29. The second-order valence-electron chi connectivity index (χ2n) is 7.47. The molecule has 30 heavy (non-hydrogen) atoms. The maximum atomic E-state index is 13.5. The normalized spacial score (nSPS) is 19.7. The highest BCUT2D eigenvalue weighted by molar-refractivity contribution is 8.02. The van der Waals surface area contributed by atoms with E-state index >= 15 is 0 Å². The third kappa shape index (κ3) is 2.50. The van der Waals surface area contributed by atoms with Gasteiger partial charge in [0.25, 0.3) is 11.5 Å². The fraction of sp³-hybridized carbons (Fsp3) is 0.227. The smallest absolute Gasteiger partial charge is 0.295 e. The van der Waals surface area contributed by atoms with Crippen LogP contribution >= 0.6 is 11.8 Å². The summed E-state index contributed by atoms with van der Waals surface area (Å²) in [7, 11) is 1.78. The van der Waals surface area contributed by atoms with Crippen LogP contribution in [0.25, 0.3) is 5.69 Å². The number of rotatable bonds is 3. The Kier molecular flexibility index (Phi) is 4.14. The van der Waals surface area contributed by atoms with Crippen molar-refractivity contribution in [3.8, 4) is 5.69 Å². The summed E-state index contributed by atoms with van der Waals surface area (Å²) >= 11 is 1.38. The summed E-state index contributed by atoms with van der Waals surface area (Å²) in [5.41, 5.74) is 2.04. The first-order chi connectivity index (χ1) is 14.4. The van der Waals surface area contributed by atoms with E-state index in [1.165, 1.54) is 16.4 Å². The van der Waals surface area contributed by atoms with E-state index in [1.807, 2.05) is 54.6 Å². The molecule has 1 unspecified atom stereocenters. The van der Waals surface area contributed by atoms with E-state index in [1.54, 1.807) is 23.6 Å². The van der Waals surface area contributed by atoms with Crippen molar-refractivity contribution in [3.05, 3.63) is 70.6 Å². The fourth-order valence-corrected chi connectivity index (χ4v) is 5.64. The summed E-state index contributed by atoms with van der Waals surface area (Å²) in [6.07, 6.45) is 0.701. The molecule has 0 spiro atoms. The topological polar surface area (TPSA) is 76.3 Å². The van der Waals surface area contributed by atoms with Crippen LogP contribution in [0.3, 0.4) is 0 Å². The van der Waals surface area contributed by atoms with Crippen molar-refractivity contribution in [1.82, 2.24) is 9.36 Å². The zero-order valence-corrected chi connectivity index (χ0v) is 17.4. The SMILES string of the molecule is Cc1c(NC(=O)C23CCC(=O)N2c2ccccc2S3)c(=O)n(-c2ccccc2)n1C. The van der Waals surface area contributed by atoms with Crippen molar-refractivity contribution >= 4 is 35.0 Å². The Morgan fingerprint density at radius 3 is 2.53 bits per heavy atom. The average Bonchev–Trinajstić information content (AvgIpc) is 3.34. The number of thioether (sulfide) groups is 1. The quantitative estimate of drug-likeness (QED) is 0.707. The number of benzene rings is 2. The van der Waals surface area contributed by atoms with Crippen molar-refractivity contribution in [2.75, 3.05) is 10.2 Å². The van der Waals surface area contributed by atoms with Crippen LogP contribution in [-0.2, 0) is 16.6 Å². The molecule has 0 aliphatic carbocycles. The predicted octanol–water partition coefficient (Wildman–Crippen LogP) is 3.05. The Morgan fingerprint density at radius 1 is 1.07 bits per heavy atom. The maximum Gasteiger partial charge on any atom is 0.295 e. The van der Waals surface area contributed by atoms with Gasteiger partial charge < -0.3 is 5.32 Å². The summed E-state index contributed by atoms with van der Waals surface area (Å²) in [5, 5.41) is 2.86. The van der Waals surface area contributed by atoms with Crippen LogP contribution in [0.5, 0.6) is 0 Å². The van der Waals surface area contributed by atoms with E-state index in [9.17, 15) is 14.4 Å². The van der Waals surface area contributed by atoms with Crippen LogP contribution in [0.2, 0.25) is 0 Å². The highest BCUT2D eigenvalue weighted by atomic mass is 32.2. The van der Waals surface area contributed by atoms with Crippen molar-refractivity contribution in [2.45, 2.75) is 29.5 Å². The number of fused-ring (bicyclic) bond motifs is 3. The molecule has 1 atom stereocenters. The lowest BCUT2D eigenvalue weighted by Crippen LogP contribution is -2.50. The number of hydrogen-bond acceptors (Lipinski definition) is 4. The number of carbonyl (C=O) groups is 2. The van der Waals surface area contributed by atoms with Crippen molar-refractivity contribution < 1.29 is 9.59 Å². The average molecular weight is 420 g/mol. The Hall–Kier alpha value is -3.26. The maximum absolute atomic E-state index is 13.5. The van der Waals surface area contributed by atoms with Gasteiger partial charge in [0.2, 0.25) is 5.91 Å². The number of nitrogens with one attached hydrogen (secondary N) is 1. The van der Waals surface area contributed by atoms with Gasteiger partial charge in [0.1, 0.15) is 5.69 Å². The number of amides is 2. The Balaban J connectivity index is 1.54. The second-order valence-corrected chi connectivity index (χ2v) is 8.79. The van der Waals surface area contributed by atoms with Gasteiger partial charge in [0, 0.05) is 18.4 Å². The van der Waals surface area contributed by atoms with Gasteiger partial charge in [-0.1, -0.05) is 42.1 Å². The van der Waals surface area contributed by atoms with Crippen molar-refractivity contribution in [3.63, 3.8) is 0 Å². The summed E-state index contributed by atoms with van der Waals surface area (Å²) in [6, 6.07) is 16.8. The molecule has 1 saturated heterocycles. The van der Waals surface area contributed by atoms with E-state index in [2.05, 4.69) is 5.32 Å². The Labute approximate surface area is 177 Å². The summed E-state index contributed by atoms with van der Waals surface area (Å²) in [6.45, 7) is 1.79. The van der Waals surface area contributed by atoms with Gasteiger partial charge in [-0.25, -0.2) is 4.68 Å². The monoisotopic (exact) mass is 420 g/mol. The standard InChI is InChI=1S/C22H20N4O3S/c1-14-19(20(28)26(24(14)2)15-8-4-3-5-9-15)23-21(29)22-13-12-18(27)25(22)16-10-6-7-11-17(16)30-22/h3-11H,12-13H2,1-2H3,(H,23,29). The van der Waals surface area contributed by atoms with Crippen molar-refractivity contribution in [2.24, 2.45) is 7.05 Å². The molecule has 2 aliphatic heterocycles. The lowest BCUT2D eigenvalue weighted by atomic mass is 10.1. The molecule has 3 aromatic rings. The van der Waals surface area contributed by atoms with Crippen LogP contribution in [-0.4, -0.2) is 26.0 Å². The van der Waals surface area contributed by atoms with E-state index in [0.717, 1.165) is 10.6 Å². The zero-order chi connectivity index (χ0) is 21.0. The van der Waals surface area contributed by atoms with Gasteiger partial charge in [0.15, 0.2) is 4.87 Å². The molecule has 1 N–H and O–H groups in total. The van der Waals surface area contributed by atoms with Gasteiger partial charge in [-0.15, -0.1) is 0 Å². The van der Waals surface area contributed by atoms with Gasteiger partial charge in [0.05, 0.1) is 17.1 Å². The molecule has 152 valence electrons. The van der Waals surface area contributed by atoms with Crippen LogP contribution in [0.4, 0.5) is 11.4 Å². The molecule has 2 amide bonds. The largest absolute Gasteiger partial charge is 0.317 e. The van der Waals surface area contributed by atoms with Crippen LogP contribution < -0.4 is 15.8 Å². The third-order valence-corrected chi connectivity index (χ3v) is 7.30. The van der Waals surface area contributed by atoms with Gasteiger partial charge >= 0.3 is 0 Å². The molecule has 7 nitrogen and oxygen atoms in total. The minimum absolute atomic E-state index is 0.0749. The molecule has 2 aromatic carbocycles. The minimum atomic E-state index is -1.06. The summed E-state index contributed by atoms with van der Waals surface area (Å²) in [4.78, 5) is 40.7. The number of carbonyl (C=O) groups excluding carboxylic acids is 2. The summed E-state index contributed by atoms with van der Waals surface area (Å²) < 4.78 is 3.25. The molecule has 0 radical (unpaired) electrons. The second kappa shape index (κ2) is 6.63. The van der Waals surface area contributed by atoms with Crippen molar-refractivity contribution in [1.29, 1.82) is 0 Å². The molecule has 8 heteroatoms.